The summed E-state index contributed by atoms with van der Waals surface area (Å²) in [6, 6.07) is 12.9. The molecule has 0 fully saturated rings. The van der Waals surface area contributed by atoms with Gasteiger partial charge in [-0.25, -0.2) is 4.79 Å². The maximum atomic E-state index is 11.9. The number of carbonyl (C=O) groups is 1. The third-order valence-electron chi connectivity index (χ3n) is 4.53. The van der Waals surface area contributed by atoms with E-state index in [0.29, 0.717) is 23.7 Å². The lowest BCUT2D eigenvalue weighted by atomic mass is 9.58. The normalized spacial score (nSPS) is 12.8. The van der Waals surface area contributed by atoms with Crippen LogP contribution in [0.15, 0.2) is 36.4 Å². The molecule has 6 nitrogen and oxygen atoms in total. The fourth-order valence-corrected chi connectivity index (χ4v) is 3.29. The van der Waals surface area contributed by atoms with Crippen LogP contribution in [-0.4, -0.2) is 25.1 Å². The van der Waals surface area contributed by atoms with Gasteiger partial charge in [0.25, 0.3) is 0 Å². The third kappa shape index (κ3) is 5.55. The van der Waals surface area contributed by atoms with Gasteiger partial charge in [-0.15, -0.1) is 0 Å². The number of nitrogens with zero attached hydrogens (tertiary/aromatic N) is 1. The molecule has 7 heteroatoms. The van der Waals surface area contributed by atoms with Gasteiger partial charge in [0.1, 0.15) is 28.9 Å². The summed E-state index contributed by atoms with van der Waals surface area (Å²) in [7, 11) is 0. The molecule has 1 aliphatic rings. The minimum absolute atomic E-state index is 0.154. The van der Waals surface area contributed by atoms with E-state index in [1.54, 1.807) is 39.0 Å². The Balaban J connectivity index is 1.71. The maximum absolute atomic E-state index is 11.9. The van der Waals surface area contributed by atoms with Crippen molar-refractivity contribution in [2.24, 2.45) is 0 Å². The molecule has 0 atom stereocenters. The van der Waals surface area contributed by atoms with Gasteiger partial charge in [-0.2, -0.15) is 5.26 Å². The molecule has 1 heterocycles. The number of hydrogen-bond donors (Lipinski definition) is 0. The largest absolute Gasteiger partial charge is 0.480 e. The maximum Gasteiger partial charge on any atom is 0.344 e. The van der Waals surface area contributed by atoms with Gasteiger partial charge in [0.2, 0.25) is 0 Å². The molecule has 0 radical (unpaired) electrons. The molecular weight excluding hydrogens is 381 g/mol. The summed E-state index contributed by atoms with van der Waals surface area (Å²) in [5.41, 5.74) is 2.05. The van der Waals surface area contributed by atoms with Crippen molar-refractivity contribution in [2.75, 3.05) is 6.61 Å². The lowest BCUT2D eigenvalue weighted by Gasteiger charge is -2.19. The third-order valence-corrected chi connectivity index (χ3v) is 4.53. The van der Waals surface area contributed by atoms with Crippen molar-refractivity contribution < 1.29 is 23.7 Å². The SMILES string of the molecule is CCCB1OCc2cc(Oc3ccc(C#N)c(OCC(=O)OC(C)(C)C)c3)ccc21. The van der Waals surface area contributed by atoms with Crippen molar-refractivity contribution >= 4 is 18.3 Å². The summed E-state index contributed by atoms with van der Waals surface area (Å²) in [6.07, 6.45) is 2.07. The summed E-state index contributed by atoms with van der Waals surface area (Å²) in [6.45, 7) is 7.94. The van der Waals surface area contributed by atoms with E-state index in [2.05, 4.69) is 13.0 Å². The van der Waals surface area contributed by atoms with E-state index >= 15 is 0 Å². The fourth-order valence-electron chi connectivity index (χ4n) is 3.29. The Morgan fingerprint density at radius 3 is 2.63 bits per heavy atom. The molecule has 0 bridgehead atoms. The van der Waals surface area contributed by atoms with Gasteiger partial charge in [0, 0.05) is 6.07 Å². The van der Waals surface area contributed by atoms with E-state index in [1.807, 2.05) is 18.2 Å². The van der Waals surface area contributed by atoms with Crippen LogP contribution in [0.25, 0.3) is 0 Å². The van der Waals surface area contributed by atoms with Crippen molar-refractivity contribution in [3.8, 4) is 23.3 Å². The van der Waals surface area contributed by atoms with Crippen LogP contribution in [0.2, 0.25) is 6.32 Å². The zero-order valence-electron chi connectivity index (χ0n) is 17.9. The van der Waals surface area contributed by atoms with Crippen molar-refractivity contribution in [1.29, 1.82) is 5.26 Å². The van der Waals surface area contributed by atoms with Gasteiger partial charge in [0.15, 0.2) is 6.61 Å². The Kier molecular flexibility index (Phi) is 6.68. The van der Waals surface area contributed by atoms with E-state index in [9.17, 15) is 10.1 Å². The predicted octanol–water partition coefficient (Wildman–Crippen LogP) is 4.21. The number of esters is 1. The van der Waals surface area contributed by atoms with Gasteiger partial charge >= 0.3 is 12.9 Å². The Bertz CT molecular complexity index is 961. The molecule has 0 saturated carbocycles. The van der Waals surface area contributed by atoms with Crippen molar-refractivity contribution in [3.63, 3.8) is 0 Å². The molecule has 0 aromatic heterocycles. The molecule has 2 aromatic rings. The van der Waals surface area contributed by atoms with E-state index in [4.69, 9.17) is 18.9 Å². The summed E-state index contributed by atoms with van der Waals surface area (Å²) in [5, 5.41) is 9.32. The Morgan fingerprint density at radius 2 is 1.93 bits per heavy atom. The number of nitriles is 1. The zero-order valence-corrected chi connectivity index (χ0v) is 17.9. The Labute approximate surface area is 177 Å². The number of fused-ring (bicyclic) bond motifs is 1. The molecular formula is C23H26BNO5. The van der Waals surface area contributed by atoms with Gasteiger partial charge in [-0.3, -0.25) is 0 Å². The van der Waals surface area contributed by atoms with Crippen molar-refractivity contribution in [2.45, 2.75) is 52.6 Å². The Morgan fingerprint density at radius 1 is 1.20 bits per heavy atom. The second kappa shape index (κ2) is 9.23. The van der Waals surface area contributed by atoms with Gasteiger partial charge in [0.05, 0.1) is 12.2 Å². The molecule has 0 amide bonds. The molecule has 0 saturated heterocycles. The first-order chi connectivity index (χ1) is 14.3. The first kappa shape index (κ1) is 21.7. The minimum atomic E-state index is -0.600. The van der Waals surface area contributed by atoms with Crippen LogP contribution in [0, 0.1) is 11.3 Å². The minimum Gasteiger partial charge on any atom is -0.480 e. The molecule has 0 N–H and O–H groups in total. The van der Waals surface area contributed by atoms with E-state index in [1.165, 1.54) is 5.46 Å². The fraction of sp³-hybridized carbons (Fsp3) is 0.391. The predicted molar refractivity (Wildman–Crippen MR) is 114 cm³/mol. The highest BCUT2D eigenvalue weighted by molar-refractivity contribution is 6.68. The van der Waals surface area contributed by atoms with Crippen LogP contribution in [0.3, 0.4) is 0 Å². The van der Waals surface area contributed by atoms with Gasteiger partial charge < -0.3 is 18.9 Å². The summed E-state index contributed by atoms with van der Waals surface area (Å²) in [4.78, 5) is 11.9. The van der Waals surface area contributed by atoms with E-state index in [-0.39, 0.29) is 19.3 Å². The number of hydrogen-bond acceptors (Lipinski definition) is 6. The van der Waals surface area contributed by atoms with Crippen molar-refractivity contribution in [1.82, 2.24) is 0 Å². The van der Waals surface area contributed by atoms with Gasteiger partial charge in [-0.05, 0) is 62.4 Å². The monoisotopic (exact) mass is 407 g/mol. The lowest BCUT2D eigenvalue weighted by Crippen LogP contribution is -2.27. The number of benzene rings is 2. The average molecular weight is 407 g/mol. The van der Waals surface area contributed by atoms with Crippen LogP contribution >= 0.6 is 0 Å². The van der Waals surface area contributed by atoms with E-state index in [0.717, 1.165) is 18.3 Å². The quantitative estimate of drug-likeness (QED) is 0.506. The highest BCUT2D eigenvalue weighted by Gasteiger charge is 2.27. The van der Waals surface area contributed by atoms with E-state index < -0.39 is 11.6 Å². The zero-order chi connectivity index (χ0) is 21.7. The van der Waals surface area contributed by atoms with Crippen LogP contribution < -0.4 is 14.9 Å². The molecule has 0 aliphatic carbocycles. The number of ether oxygens (including phenoxy) is 3. The molecule has 3 rings (SSSR count). The topological polar surface area (TPSA) is 77.8 Å². The highest BCUT2D eigenvalue weighted by atomic mass is 16.6. The lowest BCUT2D eigenvalue weighted by molar-refractivity contribution is -0.157. The van der Waals surface area contributed by atoms with Crippen molar-refractivity contribution in [3.05, 3.63) is 47.5 Å². The highest BCUT2D eigenvalue weighted by Crippen LogP contribution is 2.29. The molecule has 1 aliphatic heterocycles. The molecule has 2 aromatic carbocycles. The second-order valence-electron chi connectivity index (χ2n) is 8.20. The molecule has 0 spiro atoms. The first-order valence-electron chi connectivity index (χ1n) is 10.1. The first-order valence-corrected chi connectivity index (χ1v) is 10.1. The van der Waals surface area contributed by atoms with Crippen LogP contribution in [0.5, 0.6) is 17.2 Å². The molecule has 156 valence electrons. The van der Waals surface area contributed by atoms with Crippen LogP contribution in [0.1, 0.15) is 45.2 Å². The van der Waals surface area contributed by atoms with Crippen LogP contribution in [0.4, 0.5) is 0 Å². The standard InChI is InChI=1S/C23H26BNO5/c1-5-10-24-20-9-8-18(11-17(20)14-28-24)29-19-7-6-16(13-25)21(12-19)27-15-22(26)30-23(2,3)4/h6-9,11-12H,5,10,14-15H2,1-4H3. The molecule has 30 heavy (non-hydrogen) atoms. The number of rotatable bonds is 7. The molecule has 0 unspecified atom stereocenters. The summed E-state index contributed by atoms with van der Waals surface area (Å²) >= 11 is 0. The average Bonchev–Trinajstić information content (AvgIpc) is 3.08. The van der Waals surface area contributed by atoms with Crippen LogP contribution in [-0.2, 0) is 20.8 Å². The summed E-state index contributed by atoms with van der Waals surface area (Å²) < 4.78 is 22.6. The second-order valence-corrected chi connectivity index (χ2v) is 8.20. The van der Waals surface area contributed by atoms with Gasteiger partial charge in [-0.1, -0.05) is 19.4 Å². The Hall–Kier alpha value is -2.98. The summed E-state index contributed by atoms with van der Waals surface area (Å²) in [5.74, 6) is 0.959. The number of carbonyl (C=O) groups excluding carboxylic acids is 1. The smallest absolute Gasteiger partial charge is 0.344 e.